The van der Waals surface area contributed by atoms with Gasteiger partial charge < -0.3 is 14.9 Å². The van der Waals surface area contributed by atoms with Gasteiger partial charge in [-0.3, -0.25) is 4.79 Å². The molecule has 1 aliphatic carbocycles. The van der Waals surface area contributed by atoms with Crippen molar-refractivity contribution in [1.82, 2.24) is 9.80 Å². The highest BCUT2D eigenvalue weighted by molar-refractivity contribution is 9.11. The zero-order valence-corrected chi connectivity index (χ0v) is 21.3. The fourth-order valence-corrected chi connectivity index (χ4v) is 6.79. The molecule has 1 amide bonds. The Morgan fingerprint density at radius 3 is 2.20 bits per heavy atom. The number of phenolic OH excluding ortho intramolecular Hbond substituents is 1. The van der Waals surface area contributed by atoms with Gasteiger partial charge in [-0.25, -0.2) is 0 Å². The van der Waals surface area contributed by atoms with Crippen LogP contribution in [0.4, 0.5) is 0 Å². The monoisotopic (exact) mass is 540 g/mol. The molecule has 4 rings (SSSR count). The molecule has 3 fully saturated rings. The average molecular weight is 542 g/mol. The maximum Gasteiger partial charge on any atom is 0.225 e. The SMILES string of the molecule is C[C@H](Cc1cc(Br)c(O)c(Br)c1)C(=O)N1CCC(N2CCC(C3(C)CC3)CC2)CC1. The fraction of sp³-hybridized carbons (Fsp3) is 0.708. The summed E-state index contributed by atoms with van der Waals surface area (Å²) in [7, 11) is 0. The number of aromatic hydroxyl groups is 1. The number of amides is 1. The number of phenols is 1. The fourth-order valence-electron chi connectivity index (χ4n) is 5.51. The third-order valence-electron chi connectivity index (χ3n) is 7.89. The Hall–Kier alpha value is -0.590. The molecule has 166 valence electrons. The van der Waals surface area contributed by atoms with Crippen LogP contribution in [0.25, 0.3) is 0 Å². The quantitative estimate of drug-likeness (QED) is 0.527. The topological polar surface area (TPSA) is 43.8 Å². The number of carbonyl (C=O) groups excluding carboxylic acids is 1. The Kier molecular flexibility index (Phi) is 6.86. The van der Waals surface area contributed by atoms with E-state index in [0.717, 1.165) is 37.4 Å². The molecule has 30 heavy (non-hydrogen) atoms. The van der Waals surface area contributed by atoms with Gasteiger partial charge in [-0.2, -0.15) is 0 Å². The standard InChI is InChI=1S/C24H34Br2N2O2/c1-16(13-17-14-20(25)22(29)21(26)15-17)23(30)28-11-5-19(6-12-28)27-9-3-18(4-10-27)24(2)7-8-24/h14-16,18-19,29H,3-13H2,1-2H3/t16-/m1/s1. The normalized spacial score (nSPS) is 24.1. The molecule has 1 aromatic carbocycles. The van der Waals surface area contributed by atoms with Crippen molar-refractivity contribution in [2.45, 2.75) is 64.8 Å². The van der Waals surface area contributed by atoms with Gasteiger partial charge in [-0.15, -0.1) is 0 Å². The Bertz CT molecular complexity index is 756. The maximum absolute atomic E-state index is 13.0. The lowest BCUT2D eigenvalue weighted by Gasteiger charge is -2.43. The van der Waals surface area contributed by atoms with E-state index < -0.39 is 0 Å². The van der Waals surface area contributed by atoms with Crippen molar-refractivity contribution in [2.24, 2.45) is 17.3 Å². The first kappa shape index (κ1) is 22.6. The van der Waals surface area contributed by atoms with Crippen LogP contribution in [0.15, 0.2) is 21.1 Å². The van der Waals surface area contributed by atoms with Gasteiger partial charge in [0.15, 0.2) is 0 Å². The highest BCUT2D eigenvalue weighted by Gasteiger charge is 2.45. The third kappa shape index (κ3) is 4.91. The van der Waals surface area contributed by atoms with Crippen molar-refractivity contribution in [3.05, 3.63) is 26.6 Å². The molecular weight excluding hydrogens is 508 g/mol. The Morgan fingerprint density at radius 1 is 1.10 bits per heavy atom. The van der Waals surface area contributed by atoms with E-state index in [2.05, 4.69) is 48.6 Å². The predicted molar refractivity (Wildman–Crippen MR) is 128 cm³/mol. The molecule has 0 bridgehead atoms. The molecule has 0 spiro atoms. The van der Waals surface area contributed by atoms with Crippen LogP contribution in [0.5, 0.6) is 5.75 Å². The van der Waals surface area contributed by atoms with Gasteiger partial charge in [0.2, 0.25) is 5.91 Å². The summed E-state index contributed by atoms with van der Waals surface area (Å²) in [6.45, 7) is 8.77. The number of hydrogen-bond acceptors (Lipinski definition) is 3. The summed E-state index contributed by atoms with van der Waals surface area (Å²) >= 11 is 6.77. The number of nitrogens with zero attached hydrogens (tertiary/aromatic N) is 2. The molecule has 2 saturated heterocycles. The summed E-state index contributed by atoms with van der Waals surface area (Å²) in [6, 6.07) is 4.46. The molecule has 3 aliphatic rings. The van der Waals surface area contributed by atoms with Crippen molar-refractivity contribution in [2.75, 3.05) is 26.2 Å². The minimum Gasteiger partial charge on any atom is -0.506 e. The van der Waals surface area contributed by atoms with Gasteiger partial charge in [0.1, 0.15) is 5.75 Å². The molecule has 0 radical (unpaired) electrons. The number of hydrogen-bond donors (Lipinski definition) is 1. The lowest BCUT2D eigenvalue weighted by Crippen LogP contribution is -2.50. The van der Waals surface area contributed by atoms with E-state index in [9.17, 15) is 9.90 Å². The van der Waals surface area contributed by atoms with E-state index in [-0.39, 0.29) is 17.6 Å². The van der Waals surface area contributed by atoms with Crippen LogP contribution in [0, 0.1) is 17.3 Å². The largest absolute Gasteiger partial charge is 0.506 e. The Labute approximate surface area is 197 Å². The molecule has 0 aromatic heterocycles. The van der Waals surface area contributed by atoms with E-state index in [1.54, 1.807) is 0 Å². The van der Waals surface area contributed by atoms with Crippen LogP contribution >= 0.6 is 31.9 Å². The number of rotatable bonds is 5. The molecule has 1 aromatic rings. The first-order valence-corrected chi connectivity index (χ1v) is 13.0. The van der Waals surface area contributed by atoms with Gasteiger partial charge in [0.05, 0.1) is 8.95 Å². The molecule has 2 aliphatic heterocycles. The van der Waals surface area contributed by atoms with Gasteiger partial charge in [-0.05, 0) is 119 Å². The van der Waals surface area contributed by atoms with Crippen molar-refractivity contribution in [3.63, 3.8) is 0 Å². The van der Waals surface area contributed by atoms with Crippen LogP contribution in [0.2, 0.25) is 0 Å². The number of piperidine rings is 2. The molecule has 6 heteroatoms. The number of carbonyl (C=O) groups is 1. The lowest BCUT2D eigenvalue weighted by molar-refractivity contribution is -0.136. The average Bonchev–Trinajstić information content (AvgIpc) is 3.50. The van der Waals surface area contributed by atoms with Crippen molar-refractivity contribution < 1.29 is 9.90 Å². The molecule has 1 atom stereocenters. The Balaban J connectivity index is 1.25. The molecule has 1 N–H and O–H groups in total. The molecule has 1 saturated carbocycles. The maximum atomic E-state index is 13.0. The highest BCUT2D eigenvalue weighted by Crippen LogP contribution is 2.54. The summed E-state index contributed by atoms with van der Waals surface area (Å²) in [5.41, 5.74) is 1.72. The Morgan fingerprint density at radius 2 is 1.67 bits per heavy atom. The second kappa shape index (κ2) is 9.11. The van der Waals surface area contributed by atoms with Crippen molar-refractivity contribution in [1.29, 1.82) is 0 Å². The lowest BCUT2D eigenvalue weighted by atomic mass is 9.82. The number of halogens is 2. The predicted octanol–water partition coefficient (Wildman–Crippen LogP) is 5.60. The van der Waals surface area contributed by atoms with E-state index in [1.165, 1.54) is 38.8 Å². The number of likely N-dealkylation sites (tertiary alicyclic amines) is 2. The van der Waals surface area contributed by atoms with Crippen molar-refractivity contribution >= 4 is 37.8 Å². The second-order valence-corrected chi connectivity index (χ2v) is 11.7. The molecule has 4 nitrogen and oxygen atoms in total. The molecular formula is C24H34Br2N2O2. The van der Waals surface area contributed by atoms with Gasteiger partial charge >= 0.3 is 0 Å². The van der Waals surface area contributed by atoms with Gasteiger partial charge in [0.25, 0.3) is 0 Å². The number of benzene rings is 1. The third-order valence-corrected chi connectivity index (χ3v) is 9.10. The van der Waals surface area contributed by atoms with Crippen LogP contribution < -0.4 is 0 Å². The summed E-state index contributed by atoms with van der Waals surface area (Å²) in [6.07, 6.45) is 8.51. The summed E-state index contributed by atoms with van der Waals surface area (Å²) in [5, 5.41) is 9.89. The smallest absolute Gasteiger partial charge is 0.225 e. The van der Waals surface area contributed by atoms with E-state index in [4.69, 9.17) is 0 Å². The minimum atomic E-state index is -0.0556. The van der Waals surface area contributed by atoms with Crippen LogP contribution in [-0.2, 0) is 11.2 Å². The first-order chi connectivity index (χ1) is 14.3. The van der Waals surface area contributed by atoms with Crippen molar-refractivity contribution in [3.8, 4) is 5.75 Å². The van der Waals surface area contributed by atoms with E-state index in [1.807, 2.05) is 19.1 Å². The van der Waals surface area contributed by atoms with Gasteiger partial charge in [0, 0.05) is 25.0 Å². The summed E-state index contributed by atoms with van der Waals surface area (Å²) in [5.74, 6) is 1.35. The summed E-state index contributed by atoms with van der Waals surface area (Å²) in [4.78, 5) is 17.8. The minimum absolute atomic E-state index is 0.0556. The first-order valence-electron chi connectivity index (χ1n) is 11.5. The zero-order chi connectivity index (χ0) is 21.5. The summed E-state index contributed by atoms with van der Waals surface area (Å²) < 4.78 is 1.32. The zero-order valence-electron chi connectivity index (χ0n) is 18.2. The molecule has 0 unspecified atom stereocenters. The van der Waals surface area contributed by atoms with Gasteiger partial charge in [-0.1, -0.05) is 13.8 Å². The van der Waals surface area contributed by atoms with Crippen LogP contribution in [0.3, 0.4) is 0 Å². The molecule has 2 heterocycles. The second-order valence-electron chi connectivity index (χ2n) is 10.0. The van der Waals surface area contributed by atoms with Crippen LogP contribution in [-0.4, -0.2) is 53.0 Å². The van der Waals surface area contributed by atoms with E-state index >= 15 is 0 Å². The van der Waals surface area contributed by atoms with Crippen LogP contribution in [0.1, 0.15) is 57.9 Å². The highest BCUT2D eigenvalue weighted by atomic mass is 79.9. The van der Waals surface area contributed by atoms with E-state index in [0.29, 0.717) is 26.8 Å².